The molecule has 1 heterocycles. The molecule has 0 unspecified atom stereocenters. The third-order valence-electron chi connectivity index (χ3n) is 3.41. The zero-order chi connectivity index (χ0) is 12.1. The monoisotopic (exact) mass is 229 g/mol. The Morgan fingerprint density at radius 3 is 2.38 bits per heavy atom. The van der Waals surface area contributed by atoms with Gasteiger partial charge in [-0.2, -0.15) is 0 Å². The van der Waals surface area contributed by atoms with Crippen LogP contribution in [0.3, 0.4) is 0 Å². The molecule has 0 bridgehead atoms. The Morgan fingerprint density at radius 2 is 1.94 bits per heavy atom. The van der Waals surface area contributed by atoms with Gasteiger partial charge in [-0.25, -0.2) is 0 Å². The summed E-state index contributed by atoms with van der Waals surface area (Å²) in [6.45, 7) is 3.63. The molecule has 0 aromatic carbocycles. The Balaban J connectivity index is 2.42. The molecule has 92 valence electrons. The van der Waals surface area contributed by atoms with E-state index in [1.165, 1.54) is 12.0 Å². The van der Waals surface area contributed by atoms with Gasteiger partial charge in [0, 0.05) is 19.9 Å². The van der Waals surface area contributed by atoms with Crippen LogP contribution in [0.5, 0.6) is 0 Å². The number of carbonyl (C=O) groups is 2. The average Bonchev–Trinajstić information content (AvgIpc) is 2.36. The molecule has 0 spiro atoms. The minimum absolute atomic E-state index is 0.0191. The molecular weight excluding hydrogens is 208 g/mol. The third kappa shape index (κ3) is 2.95. The van der Waals surface area contributed by atoms with Crippen LogP contribution >= 0.6 is 0 Å². The van der Waals surface area contributed by atoms with Gasteiger partial charge in [-0.05, 0) is 6.92 Å². The summed E-state index contributed by atoms with van der Waals surface area (Å²) in [6.07, 6.45) is 1.62. The van der Waals surface area contributed by atoms with E-state index in [0.29, 0.717) is 0 Å². The smallest absolute Gasteiger partial charge is 0.309 e. The second-order valence-electron chi connectivity index (χ2n) is 4.29. The van der Waals surface area contributed by atoms with Gasteiger partial charge >= 0.3 is 5.97 Å². The number of rotatable bonds is 3. The quantitative estimate of drug-likeness (QED) is 0.585. The molecule has 1 rings (SSSR count). The summed E-state index contributed by atoms with van der Waals surface area (Å²) in [4.78, 5) is 24.0. The van der Waals surface area contributed by atoms with Crippen LogP contribution in [0.4, 0.5) is 0 Å². The number of likely N-dealkylation sites (N-methyl/N-ethyl adjacent to an activating group) is 1. The van der Waals surface area contributed by atoms with E-state index in [-0.39, 0.29) is 23.8 Å². The number of ether oxygens (including phenoxy) is 1. The molecule has 0 aromatic rings. The maximum Gasteiger partial charge on any atom is 0.309 e. The topological polar surface area (TPSA) is 59.8 Å². The minimum Gasteiger partial charge on any atom is -0.469 e. The Bertz CT molecular complexity index is 260. The van der Waals surface area contributed by atoms with Crippen LogP contribution < -0.4 is 10.2 Å². The number of esters is 1. The fourth-order valence-electron chi connectivity index (χ4n) is 2.23. The van der Waals surface area contributed by atoms with E-state index in [2.05, 4.69) is 5.32 Å². The highest BCUT2D eigenvalue weighted by Gasteiger charge is 2.32. The number of hydrogen-bond acceptors (Lipinski definition) is 3. The lowest BCUT2D eigenvalue weighted by Crippen LogP contribution is -3.17. The van der Waals surface area contributed by atoms with E-state index >= 15 is 0 Å². The maximum atomic E-state index is 11.5. The molecule has 1 saturated heterocycles. The SMILES string of the molecule is CNC(=O)[C@@H](C)[NH+]1CCC(C(=O)OC)CC1. The van der Waals surface area contributed by atoms with E-state index < -0.39 is 0 Å². The normalized spacial score (nSPS) is 26.9. The van der Waals surface area contributed by atoms with Crippen molar-refractivity contribution < 1.29 is 19.2 Å². The third-order valence-corrected chi connectivity index (χ3v) is 3.41. The second-order valence-corrected chi connectivity index (χ2v) is 4.29. The fourth-order valence-corrected chi connectivity index (χ4v) is 2.23. The largest absolute Gasteiger partial charge is 0.469 e. The molecule has 16 heavy (non-hydrogen) atoms. The Hall–Kier alpha value is -1.10. The summed E-state index contributed by atoms with van der Waals surface area (Å²) < 4.78 is 4.73. The predicted octanol–water partition coefficient (Wildman–Crippen LogP) is -1.41. The van der Waals surface area contributed by atoms with Crippen molar-refractivity contribution in [3.05, 3.63) is 0 Å². The lowest BCUT2D eigenvalue weighted by molar-refractivity contribution is -0.919. The fraction of sp³-hybridized carbons (Fsp3) is 0.818. The molecule has 1 aliphatic rings. The van der Waals surface area contributed by atoms with Crippen LogP contribution in [0.15, 0.2) is 0 Å². The highest BCUT2D eigenvalue weighted by atomic mass is 16.5. The number of amides is 1. The second kappa shape index (κ2) is 5.84. The highest BCUT2D eigenvalue weighted by molar-refractivity contribution is 5.79. The van der Waals surface area contributed by atoms with Crippen molar-refractivity contribution in [2.75, 3.05) is 27.2 Å². The number of hydrogen-bond donors (Lipinski definition) is 2. The highest BCUT2D eigenvalue weighted by Crippen LogP contribution is 2.11. The van der Waals surface area contributed by atoms with E-state index in [0.717, 1.165) is 25.9 Å². The number of nitrogens with one attached hydrogen (secondary N) is 2. The number of piperidine rings is 1. The summed E-state index contributed by atoms with van der Waals surface area (Å²) in [5.74, 6) is -0.0381. The van der Waals surface area contributed by atoms with E-state index in [4.69, 9.17) is 4.74 Å². The van der Waals surface area contributed by atoms with Crippen molar-refractivity contribution in [3.8, 4) is 0 Å². The molecule has 2 N–H and O–H groups in total. The number of quaternary nitrogens is 1. The molecule has 5 heteroatoms. The molecule has 0 aliphatic carbocycles. The van der Waals surface area contributed by atoms with Crippen molar-refractivity contribution in [1.82, 2.24) is 5.32 Å². The van der Waals surface area contributed by atoms with Gasteiger partial charge in [-0.15, -0.1) is 0 Å². The molecule has 1 atom stereocenters. The summed E-state index contributed by atoms with van der Waals surface area (Å²) in [5, 5.41) is 2.66. The Labute approximate surface area is 96.1 Å². The van der Waals surface area contributed by atoms with Crippen molar-refractivity contribution in [3.63, 3.8) is 0 Å². The molecular formula is C11H21N2O3+. The minimum atomic E-state index is -0.119. The van der Waals surface area contributed by atoms with Gasteiger partial charge in [0.2, 0.25) is 0 Å². The van der Waals surface area contributed by atoms with Crippen molar-refractivity contribution >= 4 is 11.9 Å². The van der Waals surface area contributed by atoms with Crippen LogP contribution in [0.1, 0.15) is 19.8 Å². The maximum absolute atomic E-state index is 11.5. The number of methoxy groups -OCH3 is 1. The van der Waals surface area contributed by atoms with Gasteiger partial charge in [-0.3, -0.25) is 9.59 Å². The lowest BCUT2D eigenvalue weighted by atomic mass is 9.96. The first-order valence-corrected chi connectivity index (χ1v) is 5.74. The van der Waals surface area contributed by atoms with Crippen molar-refractivity contribution in [2.45, 2.75) is 25.8 Å². The molecule has 1 fully saturated rings. The number of carbonyl (C=O) groups excluding carboxylic acids is 2. The first kappa shape index (κ1) is 13.0. The van der Waals surface area contributed by atoms with Crippen molar-refractivity contribution in [2.24, 2.45) is 5.92 Å². The van der Waals surface area contributed by atoms with E-state index in [9.17, 15) is 9.59 Å². The summed E-state index contributed by atoms with van der Waals surface area (Å²) in [5.41, 5.74) is 0. The molecule has 0 saturated carbocycles. The van der Waals surface area contributed by atoms with Gasteiger partial charge in [0.25, 0.3) is 5.91 Å². The first-order chi connectivity index (χ1) is 7.60. The first-order valence-electron chi connectivity index (χ1n) is 5.74. The Morgan fingerprint density at radius 1 is 1.38 bits per heavy atom. The molecule has 0 radical (unpaired) electrons. The van der Waals surface area contributed by atoms with Crippen LogP contribution in [-0.2, 0) is 14.3 Å². The Kier molecular flexibility index (Phi) is 4.73. The van der Waals surface area contributed by atoms with Crippen LogP contribution in [0.25, 0.3) is 0 Å². The predicted molar refractivity (Wildman–Crippen MR) is 59.0 cm³/mol. The lowest BCUT2D eigenvalue weighted by Gasteiger charge is -2.31. The summed E-state index contributed by atoms with van der Waals surface area (Å²) in [7, 11) is 3.08. The molecule has 1 amide bonds. The molecule has 5 nitrogen and oxygen atoms in total. The zero-order valence-corrected chi connectivity index (χ0v) is 10.2. The van der Waals surface area contributed by atoms with Gasteiger partial charge < -0.3 is 15.0 Å². The van der Waals surface area contributed by atoms with Crippen molar-refractivity contribution in [1.29, 1.82) is 0 Å². The van der Waals surface area contributed by atoms with Crippen LogP contribution in [-0.4, -0.2) is 45.2 Å². The van der Waals surface area contributed by atoms with E-state index in [1.807, 2.05) is 6.92 Å². The van der Waals surface area contributed by atoms with Crippen LogP contribution in [0, 0.1) is 5.92 Å². The van der Waals surface area contributed by atoms with Gasteiger partial charge in [0.1, 0.15) is 0 Å². The zero-order valence-electron chi connectivity index (χ0n) is 10.2. The van der Waals surface area contributed by atoms with Gasteiger partial charge in [-0.1, -0.05) is 0 Å². The summed E-state index contributed by atoms with van der Waals surface area (Å²) in [6, 6.07) is -0.0383. The number of likely N-dealkylation sites (tertiary alicyclic amines) is 1. The van der Waals surface area contributed by atoms with E-state index in [1.54, 1.807) is 7.05 Å². The average molecular weight is 229 g/mol. The van der Waals surface area contributed by atoms with Gasteiger partial charge in [0.05, 0.1) is 26.1 Å². The molecule has 1 aliphatic heterocycles. The standard InChI is InChI=1S/C11H20N2O3/c1-8(10(14)12-2)13-6-4-9(5-7-13)11(15)16-3/h8-9H,4-7H2,1-3H3,(H,12,14)/p+1/t8-/m1/s1. The summed E-state index contributed by atoms with van der Waals surface area (Å²) >= 11 is 0. The van der Waals surface area contributed by atoms with Gasteiger partial charge in [0.15, 0.2) is 6.04 Å². The molecule has 0 aromatic heterocycles. The van der Waals surface area contributed by atoms with Crippen LogP contribution in [0.2, 0.25) is 0 Å².